The molecule has 1 aliphatic heterocycles. The first-order valence-electron chi connectivity index (χ1n) is 10.8. The van der Waals surface area contributed by atoms with Crippen molar-refractivity contribution >= 4 is 41.3 Å². The lowest BCUT2D eigenvalue weighted by atomic mass is 9.97. The van der Waals surface area contributed by atoms with E-state index in [0.29, 0.717) is 11.4 Å². The number of fused-ring (bicyclic) bond motifs is 3. The van der Waals surface area contributed by atoms with Gasteiger partial charge in [-0.2, -0.15) is 0 Å². The monoisotopic (exact) mass is 469 g/mol. The van der Waals surface area contributed by atoms with Crippen molar-refractivity contribution in [3.63, 3.8) is 0 Å². The highest BCUT2D eigenvalue weighted by Gasteiger charge is 2.31. The molecular formula is C24H27N3O5S. The van der Waals surface area contributed by atoms with Gasteiger partial charge < -0.3 is 15.8 Å². The van der Waals surface area contributed by atoms with E-state index < -0.39 is 11.3 Å². The zero-order valence-corrected chi connectivity index (χ0v) is 19.4. The molecule has 4 N–H and O–H groups in total. The molecule has 2 aliphatic rings. The Morgan fingerprint density at radius 1 is 1.12 bits per heavy atom. The molecule has 1 fully saturated rings. The Labute approximate surface area is 196 Å². The van der Waals surface area contributed by atoms with Gasteiger partial charge in [-0.3, -0.25) is 19.7 Å². The molecule has 0 bridgehead atoms. The normalized spacial score (nSPS) is 17.9. The summed E-state index contributed by atoms with van der Waals surface area (Å²) in [6, 6.07) is 13.5. The van der Waals surface area contributed by atoms with Gasteiger partial charge in [-0.05, 0) is 34.4 Å². The summed E-state index contributed by atoms with van der Waals surface area (Å²) in [5.74, 6) is -0.483. The topological polar surface area (TPSA) is 128 Å². The Morgan fingerprint density at radius 2 is 1.85 bits per heavy atom. The van der Waals surface area contributed by atoms with Crippen molar-refractivity contribution < 1.29 is 23.9 Å². The van der Waals surface area contributed by atoms with Gasteiger partial charge in [0.25, 0.3) is 0 Å². The number of benzene rings is 2. The molecular weight excluding hydrogens is 442 g/mol. The maximum absolute atomic E-state index is 12.4. The summed E-state index contributed by atoms with van der Waals surface area (Å²) >= 11 is 1.30. The Hall–Kier alpha value is -3.33. The van der Waals surface area contributed by atoms with E-state index in [1.54, 1.807) is 0 Å². The molecule has 8 nitrogen and oxygen atoms in total. The number of imide groups is 1. The van der Waals surface area contributed by atoms with Crippen LogP contribution in [0.2, 0.25) is 0 Å². The third kappa shape index (κ3) is 5.73. The minimum Gasteiger partial charge on any atom is -0.449 e. The number of carbonyl (C=O) groups is 4. The molecule has 4 amide bonds. The second-order valence-corrected chi connectivity index (χ2v) is 8.66. The highest BCUT2D eigenvalue weighted by molar-refractivity contribution is 8.00. The average molecular weight is 470 g/mol. The molecule has 0 spiro atoms. The standard InChI is InChI=1S/C22H21N3O5S.C2H6/c23-22(29)30-11-17-14-4-2-1-3-13(14)15-6-5-12(9-16(15)17)24-19(26)7-8-31-18-10-20(27)25-21(18)28;1-2/h1-6,9,17-18H,7-8,10-11H2,(H2,23,29)(H,24,26)(H,25,27,28);1-2H3. The van der Waals surface area contributed by atoms with Crippen LogP contribution in [0.15, 0.2) is 42.5 Å². The van der Waals surface area contributed by atoms with Gasteiger partial charge in [0.15, 0.2) is 0 Å². The third-order valence-electron chi connectivity index (χ3n) is 5.30. The second-order valence-electron chi connectivity index (χ2n) is 7.35. The van der Waals surface area contributed by atoms with E-state index in [1.807, 2.05) is 56.3 Å². The van der Waals surface area contributed by atoms with E-state index in [2.05, 4.69) is 10.6 Å². The molecule has 2 aromatic carbocycles. The molecule has 0 radical (unpaired) electrons. The van der Waals surface area contributed by atoms with Gasteiger partial charge in [0.2, 0.25) is 17.7 Å². The quantitative estimate of drug-likeness (QED) is 0.533. The Morgan fingerprint density at radius 3 is 2.55 bits per heavy atom. The smallest absolute Gasteiger partial charge is 0.404 e. The van der Waals surface area contributed by atoms with Gasteiger partial charge in [0.05, 0.1) is 5.25 Å². The van der Waals surface area contributed by atoms with E-state index in [4.69, 9.17) is 10.5 Å². The summed E-state index contributed by atoms with van der Waals surface area (Å²) in [6.07, 6.45) is -0.454. The largest absolute Gasteiger partial charge is 0.449 e. The van der Waals surface area contributed by atoms with Crippen molar-refractivity contribution in [2.45, 2.75) is 37.9 Å². The van der Waals surface area contributed by atoms with E-state index >= 15 is 0 Å². The molecule has 9 heteroatoms. The summed E-state index contributed by atoms with van der Waals surface area (Å²) in [6.45, 7) is 4.12. The Balaban J connectivity index is 0.00000149. The van der Waals surface area contributed by atoms with E-state index in [-0.39, 0.29) is 43.1 Å². The molecule has 2 unspecified atom stereocenters. The van der Waals surface area contributed by atoms with Crippen LogP contribution in [-0.2, 0) is 19.1 Å². The zero-order valence-electron chi connectivity index (χ0n) is 18.6. The minimum absolute atomic E-state index is 0.121. The molecule has 33 heavy (non-hydrogen) atoms. The van der Waals surface area contributed by atoms with E-state index in [0.717, 1.165) is 22.3 Å². The van der Waals surface area contributed by atoms with Crippen molar-refractivity contribution in [1.82, 2.24) is 5.32 Å². The summed E-state index contributed by atoms with van der Waals surface area (Å²) in [7, 11) is 0. The van der Waals surface area contributed by atoms with Crippen LogP contribution in [0.25, 0.3) is 11.1 Å². The summed E-state index contributed by atoms with van der Waals surface area (Å²) < 4.78 is 5.07. The minimum atomic E-state index is -0.828. The highest BCUT2D eigenvalue weighted by atomic mass is 32.2. The van der Waals surface area contributed by atoms with Gasteiger partial charge in [-0.1, -0.05) is 44.2 Å². The Kier molecular flexibility index (Phi) is 8.11. The number of rotatable bonds is 7. The number of amides is 4. The fraction of sp³-hybridized carbons (Fsp3) is 0.333. The van der Waals surface area contributed by atoms with Crippen LogP contribution in [0.1, 0.15) is 43.7 Å². The molecule has 1 heterocycles. The van der Waals surface area contributed by atoms with Crippen molar-refractivity contribution in [2.24, 2.45) is 5.73 Å². The van der Waals surface area contributed by atoms with Crippen molar-refractivity contribution in [3.8, 4) is 11.1 Å². The SMILES string of the molecule is CC.NC(=O)OCC1c2ccccc2-c2ccc(NC(=O)CCSC3CC(=O)NC3=O)cc21. The lowest BCUT2D eigenvalue weighted by Gasteiger charge is -2.14. The lowest BCUT2D eigenvalue weighted by Crippen LogP contribution is -2.23. The maximum Gasteiger partial charge on any atom is 0.404 e. The molecule has 1 saturated heterocycles. The first-order valence-corrected chi connectivity index (χ1v) is 11.9. The number of nitrogens with two attached hydrogens (primary N) is 1. The van der Waals surface area contributed by atoms with Crippen LogP contribution in [-0.4, -0.2) is 41.4 Å². The van der Waals surface area contributed by atoms with Gasteiger partial charge in [-0.25, -0.2) is 4.79 Å². The van der Waals surface area contributed by atoms with Gasteiger partial charge >= 0.3 is 6.09 Å². The number of nitrogens with one attached hydrogen (secondary N) is 2. The first kappa shape index (κ1) is 24.3. The molecule has 2 atom stereocenters. The predicted octanol–water partition coefficient (Wildman–Crippen LogP) is 3.40. The molecule has 0 saturated carbocycles. The first-order chi connectivity index (χ1) is 15.9. The number of primary amides is 1. The third-order valence-corrected chi connectivity index (χ3v) is 6.53. The van der Waals surface area contributed by atoms with Crippen molar-refractivity contribution in [3.05, 3.63) is 53.6 Å². The van der Waals surface area contributed by atoms with Crippen molar-refractivity contribution in [1.29, 1.82) is 0 Å². The fourth-order valence-electron chi connectivity index (χ4n) is 3.91. The number of anilines is 1. The number of carbonyl (C=O) groups excluding carboxylic acids is 4. The van der Waals surface area contributed by atoms with Crippen LogP contribution < -0.4 is 16.4 Å². The van der Waals surface area contributed by atoms with Gasteiger partial charge in [0, 0.05) is 30.2 Å². The average Bonchev–Trinajstić information content (AvgIpc) is 3.29. The summed E-state index contributed by atoms with van der Waals surface area (Å²) in [5.41, 5.74) is 9.88. The molecule has 1 aliphatic carbocycles. The lowest BCUT2D eigenvalue weighted by molar-refractivity contribution is -0.124. The van der Waals surface area contributed by atoms with E-state index in [1.165, 1.54) is 11.8 Å². The zero-order chi connectivity index (χ0) is 24.0. The summed E-state index contributed by atoms with van der Waals surface area (Å²) in [4.78, 5) is 46.3. The molecule has 2 aromatic rings. The number of thioether (sulfide) groups is 1. The second kappa shape index (κ2) is 11.0. The number of hydrogen-bond acceptors (Lipinski definition) is 6. The molecule has 174 valence electrons. The fourth-order valence-corrected chi connectivity index (χ4v) is 4.98. The van der Waals surface area contributed by atoms with Crippen LogP contribution >= 0.6 is 11.8 Å². The van der Waals surface area contributed by atoms with Gasteiger partial charge in [0.1, 0.15) is 6.61 Å². The summed E-state index contributed by atoms with van der Waals surface area (Å²) in [5, 5.41) is 4.71. The van der Waals surface area contributed by atoms with Gasteiger partial charge in [-0.15, -0.1) is 11.8 Å². The van der Waals surface area contributed by atoms with Crippen LogP contribution in [0, 0.1) is 0 Å². The van der Waals surface area contributed by atoms with Crippen molar-refractivity contribution in [2.75, 3.05) is 17.7 Å². The molecule has 4 rings (SSSR count). The highest BCUT2D eigenvalue weighted by Crippen LogP contribution is 2.45. The number of hydrogen-bond donors (Lipinski definition) is 3. The number of ether oxygens (including phenoxy) is 1. The Bertz CT molecular complexity index is 1070. The van der Waals surface area contributed by atoms with E-state index in [9.17, 15) is 19.2 Å². The molecule has 0 aromatic heterocycles. The van der Waals surface area contributed by atoms with Crippen LogP contribution in [0.5, 0.6) is 0 Å². The predicted molar refractivity (Wildman–Crippen MR) is 128 cm³/mol. The van der Waals surface area contributed by atoms with Crippen LogP contribution in [0.3, 0.4) is 0 Å². The maximum atomic E-state index is 12.4. The van der Waals surface area contributed by atoms with Crippen LogP contribution in [0.4, 0.5) is 10.5 Å².